The SMILES string of the molecule is CCC(NC1C(C)(C)C1(C)C)C(N)=O. The van der Waals surface area contributed by atoms with E-state index in [1.54, 1.807) is 0 Å². The second-order valence-electron chi connectivity index (χ2n) is 5.41. The van der Waals surface area contributed by atoms with Crippen LogP contribution < -0.4 is 11.1 Å². The second-order valence-corrected chi connectivity index (χ2v) is 5.41. The average Bonchev–Trinajstić information content (AvgIpc) is 2.40. The van der Waals surface area contributed by atoms with E-state index < -0.39 is 0 Å². The number of nitrogens with one attached hydrogen (secondary N) is 1. The van der Waals surface area contributed by atoms with E-state index >= 15 is 0 Å². The van der Waals surface area contributed by atoms with Gasteiger partial charge in [0.2, 0.25) is 5.91 Å². The Morgan fingerprint density at radius 2 is 1.79 bits per heavy atom. The monoisotopic (exact) mass is 198 g/mol. The molecule has 0 aromatic heterocycles. The van der Waals surface area contributed by atoms with Crippen molar-refractivity contribution in [2.24, 2.45) is 16.6 Å². The van der Waals surface area contributed by atoms with Gasteiger partial charge in [0, 0.05) is 6.04 Å². The molecule has 3 heteroatoms. The third-order valence-corrected chi connectivity index (χ3v) is 4.14. The number of amides is 1. The van der Waals surface area contributed by atoms with Crippen LogP contribution in [0, 0.1) is 10.8 Å². The highest BCUT2D eigenvalue weighted by Crippen LogP contribution is 2.62. The van der Waals surface area contributed by atoms with Gasteiger partial charge in [-0.05, 0) is 17.3 Å². The quantitative estimate of drug-likeness (QED) is 0.715. The van der Waals surface area contributed by atoms with Gasteiger partial charge < -0.3 is 11.1 Å². The van der Waals surface area contributed by atoms with Crippen molar-refractivity contribution in [1.82, 2.24) is 5.32 Å². The van der Waals surface area contributed by atoms with Crippen LogP contribution >= 0.6 is 0 Å². The maximum Gasteiger partial charge on any atom is 0.234 e. The van der Waals surface area contributed by atoms with Crippen LogP contribution in [0.1, 0.15) is 41.0 Å². The summed E-state index contributed by atoms with van der Waals surface area (Å²) in [6, 6.07) is 0.216. The molecule has 1 atom stereocenters. The van der Waals surface area contributed by atoms with Gasteiger partial charge in [0.05, 0.1) is 6.04 Å². The Morgan fingerprint density at radius 3 is 2.00 bits per heavy atom. The van der Waals surface area contributed by atoms with Crippen molar-refractivity contribution in [2.75, 3.05) is 0 Å². The van der Waals surface area contributed by atoms with Crippen LogP contribution in [0.3, 0.4) is 0 Å². The third-order valence-electron chi connectivity index (χ3n) is 4.14. The summed E-state index contributed by atoms with van der Waals surface area (Å²) in [4.78, 5) is 11.1. The molecule has 1 aliphatic rings. The lowest BCUT2D eigenvalue weighted by Crippen LogP contribution is -2.43. The highest BCUT2D eigenvalue weighted by molar-refractivity contribution is 5.79. The lowest BCUT2D eigenvalue weighted by atomic mass is 10.0. The summed E-state index contributed by atoms with van der Waals surface area (Å²) < 4.78 is 0. The van der Waals surface area contributed by atoms with Gasteiger partial charge >= 0.3 is 0 Å². The van der Waals surface area contributed by atoms with E-state index in [1.165, 1.54) is 0 Å². The standard InChI is InChI=1S/C11H22N2O/c1-6-7(8(12)14)13-9-10(2,3)11(9,4)5/h7,9,13H,6H2,1-5H3,(H2,12,14). The van der Waals surface area contributed by atoms with E-state index in [2.05, 4.69) is 33.0 Å². The molecule has 0 aromatic rings. The van der Waals surface area contributed by atoms with Gasteiger partial charge in [-0.2, -0.15) is 0 Å². The van der Waals surface area contributed by atoms with Crippen molar-refractivity contribution in [3.05, 3.63) is 0 Å². The second kappa shape index (κ2) is 3.23. The minimum atomic E-state index is -0.244. The Bertz CT molecular complexity index is 232. The number of hydrogen-bond donors (Lipinski definition) is 2. The fourth-order valence-electron chi connectivity index (χ4n) is 2.22. The van der Waals surface area contributed by atoms with Crippen molar-refractivity contribution < 1.29 is 4.79 Å². The fourth-order valence-corrected chi connectivity index (χ4v) is 2.22. The zero-order chi connectivity index (χ0) is 11.1. The van der Waals surface area contributed by atoms with Crippen LogP contribution in [-0.4, -0.2) is 18.0 Å². The number of rotatable bonds is 4. The molecule has 14 heavy (non-hydrogen) atoms. The molecule has 1 unspecified atom stereocenters. The van der Waals surface area contributed by atoms with E-state index in [1.807, 2.05) is 6.92 Å². The first-order valence-corrected chi connectivity index (χ1v) is 5.30. The van der Waals surface area contributed by atoms with Crippen LogP contribution in [0.2, 0.25) is 0 Å². The van der Waals surface area contributed by atoms with Crippen LogP contribution in [0.25, 0.3) is 0 Å². The first-order chi connectivity index (χ1) is 6.25. The number of carbonyl (C=O) groups is 1. The lowest BCUT2D eigenvalue weighted by molar-refractivity contribution is -0.120. The van der Waals surface area contributed by atoms with Crippen molar-refractivity contribution in [1.29, 1.82) is 0 Å². The van der Waals surface area contributed by atoms with Gasteiger partial charge in [0.15, 0.2) is 0 Å². The van der Waals surface area contributed by atoms with E-state index in [9.17, 15) is 4.79 Å². The third kappa shape index (κ3) is 1.54. The molecule has 0 spiro atoms. The largest absolute Gasteiger partial charge is 0.368 e. The first kappa shape index (κ1) is 11.5. The molecule has 1 rings (SSSR count). The molecule has 1 saturated carbocycles. The number of primary amides is 1. The summed E-state index contributed by atoms with van der Waals surface area (Å²) in [6.07, 6.45) is 0.762. The maximum atomic E-state index is 11.1. The highest BCUT2D eigenvalue weighted by atomic mass is 16.1. The molecular weight excluding hydrogens is 176 g/mol. The van der Waals surface area contributed by atoms with Crippen LogP contribution in [0.15, 0.2) is 0 Å². The molecule has 1 aliphatic carbocycles. The van der Waals surface area contributed by atoms with Crippen molar-refractivity contribution >= 4 is 5.91 Å². The smallest absolute Gasteiger partial charge is 0.234 e. The number of nitrogens with two attached hydrogens (primary N) is 1. The molecule has 1 fully saturated rings. The summed E-state index contributed by atoms with van der Waals surface area (Å²) in [5.74, 6) is -0.244. The zero-order valence-electron chi connectivity index (χ0n) is 9.85. The molecule has 0 heterocycles. The minimum absolute atomic E-state index is 0.180. The van der Waals surface area contributed by atoms with Crippen LogP contribution in [0.4, 0.5) is 0 Å². The summed E-state index contributed by atoms with van der Waals surface area (Å²) in [5.41, 5.74) is 5.82. The highest BCUT2D eigenvalue weighted by Gasteiger charge is 2.65. The molecule has 0 radical (unpaired) electrons. The van der Waals surface area contributed by atoms with E-state index in [0.29, 0.717) is 6.04 Å². The first-order valence-electron chi connectivity index (χ1n) is 5.30. The van der Waals surface area contributed by atoms with Crippen molar-refractivity contribution in [3.63, 3.8) is 0 Å². The Kier molecular flexibility index (Phi) is 2.65. The van der Waals surface area contributed by atoms with Gasteiger partial charge in [-0.3, -0.25) is 4.79 Å². The van der Waals surface area contributed by atoms with E-state index in [0.717, 1.165) is 6.42 Å². The lowest BCUT2D eigenvalue weighted by Gasteiger charge is -2.14. The van der Waals surface area contributed by atoms with E-state index in [-0.39, 0.29) is 22.8 Å². The van der Waals surface area contributed by atoms with Gasteiger partial charge in [0.25, 0.3) is 0 Å². The van der Waals surface area contributed by atoms with Crippen molar-refractivity contribution in [3.8, 4) is 0 Å². The molecule has 0 aliphatic heterocycles. The predicted octanol–water partition coefficient (Wildman–Crippen LogP) is 1.27. The predicted molar refractivity (Wildman–Crippen MR) is 57.8 cm³/mol. The topological polar surface area (TPSA) is 55.1 Å². The molecule has 0 saturated heterocycles. The maximum absolute atomic E-state index is 11.1. The van der Waals surface area contributed by atoms with Gasteiger partial charge in [0.1, 0.15) is 0 Å². The summed E-state index contributed by atoms with van der Waals surface area (Å²) in [5, 5.41) is 3.35. The average molecular weight is 198 g/mol. The molecule has 3 nitrogen and oxygen atoms in total. The Balaban J connectivity index is 2.60. The molecule has 1 amide bonds. The number of hydrogen-bond acceptors (Lipinski definition) is 2. The molecule has 0 bridgehead atoms. The van der Waals surface area contributed by atoms with Crippen LogP contribution in [0.5, 0.6) is 0 Å². The Labute approximate surface area is 86.4 Å². The summed E-state index contributed by atoms with van der Waals surface area (Å²) >= 11 is 0. The molecule has 3 N–H and O–H groups in total. The normalized spacial score (nSPS) is 25.8. The number of carbonyl (C=O) groups excluding carboxylic acids is 1. The minimum Gasteiger partial charge on any atom is -0.368 e. The summed E-state index contributed by atoms with van der Waals surface area (Å²) in [6.45, 7) is 10.9. The van der Waals surface area contributed by atoms with Gasteiger partial charge in [-0.25, -0.2) is 0 Å². The van der Waals surface area contributed by atoms with Crippen LogP contribution in [-0.2, 0) is 4.79 Å². The molecule has 0 aromatic carbocycles. The zero-order valence-corrected chi connectivity index (χ0v) is 9.85. The Hall–Kier alpha value is -0.570. The van der Waals surface area contributed by atoms with Gasteiger partial charge in [-0.15, -0.1) is 0 Å². The summed E-state index contributed by atoms with van der Waals surface area (Å²) in [7, 11) is 0. The van der Waals surface area contributed by atoms with Crippen molar-refractivity contribution in [2.45, 2.75) is 53.1 Å². The molecule has 82 valence electrons. The Morgan fingerprint density at radius 1 is 1.36 bits per heavy atom. The molecular formula is C11H22N2O. The van der Waals surface area contributed by atoms with Gasteiger partial charge in [-0.1, -0.05) is 34.6 Å². The van der Waals surface area contributed by atoms with E-state index in [4.69, 9.17) is 5.73 Å². The fraction of sp³-hybridized carbons (Fsp3) is 0.909.